The van der Waals surface area contributed by atoms with Crippen LogP contribution in [-0.4, -0.2) is 47.3 Å². The lowest BCUT2D eigenvalue weighted by Gasteiger charge is -2.36. The van der Waals surface area contributed by atoms with E-state index in [9.17, 15) is 5.11 Å². The van der Waals surface area contributed by atoms with Gasteiger partial charge in [-0.1, -0.05) is 25.2 Å². The minimum atomic E-state index is -0.941. The van der Waals surface area contributed by atoms with Crippen molar-refractivity contribution in [2.75, 3.05) is 0 Å². The highest BCUT2D eigenvalue weighted by atomic mass is 16.7. The van der Waals surface area contributed by atoms with Gasteiger partial charge in [0.15, 0.2) is 0 Å². The lowest BCUT2D eigenvalue weighted by atomic mass is 9.60. The Hall–Kier alpha value is -0.330. The summed E-state index contributed by atoms with van der Waals surface area (Å²) in [6.07, 6.45) is 4.56. The predicted octanol–water partition coefficient (Wildman–Crippen LogP) is 3.87. The zero-order valence-electron chi connectivity index (χ0n) is 18.3. The molecule has 2 saturated heterocycles. The van der Waals surface area contributed by atoms with Crippen LogP contribution in [0.15, 0.2) is 11.4 Å². The maximum Gasteiger partial charge on any atom is 0.492 e. The van der Waals surface area contributed by atoms with Crippen LogP contribution in [0.3, 0.4) is 0 Å². The number of hydrogen-bond donors (Lipinski definition) is 1. The number of hydrogen-bond acceptors (Lipinski definition) is 5. The second kappa shape index (κ2) is 6.60. The largest absolute Gasteiger partial charge is 0.492 e. The Balaban J connectivity index is 1.95. The van der Waals surface area contributed by atoms with E-state index in [-0.39, 0.29) is 0 Å². The first-order chi connectivity index (χ1) is 12.2. The van der Waals surface area contributed by atoms with Gasteiger partial charge in [0.05, 0.1) is 28.0 Å². The van der Waals surface area contributed by atoms with Crippen LogP contribution >= 0.6 is 0 Å². The molecule has 5 nitrogen and oxygen atoms in total. The van der Waals surface area contributed by atoms with Gasteiger partial charge in [-0.3, -0.25) is 0 Å². The topological polar surface area (TPSA) is 57.2 Å². The first-order valence-corrected chi connectivity index (χ1v) is 10.4. The fraction of sp³-hybridized carbons (Fsp3) is 0.900. The summed E-state index contributed by atoms with van der Waals surface area (Å²) in [7, 11) is -1.13. The van der Waals surface area contributed by atoms with E-state index >= 15 is 0 Å². The van der Waals surface area contributed by atoms with Crippen molar-refractivity contribution < 1.29 is 23.7 Å². The van der Waals surface area contributed by atoms with E-state index in [4.69, 9.17) is 18.6 Å². The van der Waals surface area contributed by atoms with Crippen molar-refractivity contribution in [2.24, 2.45) is 0 Å². The Bertz CT molecular complexity index is 573. The molecule has 0 amide bonds. The van der Waals surface area contributed by atoms with Crippen LogP contribution < -0.4 is 0 Å². The third kappa shape index (κ3) is 3.78. The molecule has 7 heteroatoms. The Kier molecular flexibility index (Phi) is 5.22. The number of aliphatic hydroxyl groups is 1. The lowest BCUT2D eigenvalue weighted by Crippen LogP contribution is -2.43. The predicted molar refractivity (Wildman–Crippen MR) is 108 cm³/mol. The highest BCUT2D eigenvalue weighted by Crippen LogP contribution is 2.45. The van der Waals surface area contributed by atoms with Crippen LogP contribution in [0.4, 0.5) is 0 Å². The molecule has 0 spiro atoms. The molecule has 3 rings (SSSR count). The molecule has 0 atom stereocenters. The first-order valence-electron chi connectivity index (χ1n) is 10.4. The van der Waals surface area contributed by atoms with Crippen LogP contribution in [0.1, 0.15) is 87.5 Å². The van der Waals surface area contributed by atoms with Crippen LogP contribution in [-0.2, 0) is 18.6 Å². The molecule has 0 unspecified atom stereocenters. The van der Waals surface area contributed by atoms with Crippen LogP contribution in [0.5, 0.6) is 0 Å². The van der Waals surface area contributed by atoms with Gasteiger partial charge in [-0.15, -0.1) is 0 Å². The molecule has 0 aromatic carbocycles. The maximum absolute atomic E-state index is 11.5. The van der Waals surface area contributed by atoms with E-state index in [1.807, 2.05) is 61.4 Å². The molecule has 0 aromatic rings. The van der Waals surface area contributed by atoms with Gasteiger partial charge >= 0.3 is 14.2 Å². The minimum absolute atomic E-state index is 0.426. The molecule has 0 radical (unpaired) electrons. The molecule has 0 bridgehead atoms. The minimum Gasteiger partial charge on any atom is -0.400 e. The van der Waals surface area contributed by atoms with Gasteiger partial charge in [0.2, 0.25) is 0 Å². The fourth-order valence-electron chi connectivity index (χ4n) is 3.95. The Labute approximate surface area is 165 Å². The summed E-state index contributed by atoms with van der Waals surface area (Å²) in [6, 6.07) is 0. The van der Waals surface area contributed by atoms with Crippen molar-refractivity contribution in [2.45, 2.75) is 115 Å². The highest BCUT2D eigenvalue weighted by molar-refractivity contribution is 6.61. The Morgan fingerprint density at radius 3 is 1.56 bits per heavy atom. The summed E-state index contributed by atoms with van der Waals surface area (Å²) in [6.45, 7) is 16.3. The van der Waals surface area contributed by atoms with Gasteiger partial charge in [-0.2, -0.15) is 0 Å². The molecule has 1 N–H and O–H groups in total. The Morgan fingerprint density at radius 2 is 1.11 bits per heavy atom. The van der Waals surface area contributed by atoms with Crippen LogP contribution in [0.25, 0.3) is 0 Å². The van der Waals surface area contributed by atoms with Crippen molar-refractivity contribution in [1.29, 1.82) is 0 Å². The molecule has 1 saturated carbocycles. The third-order valence-electron chi connectivity index (χ3n) is 7.31. The van der Waals surface area contributed by atoms with Crippen molar-refractivity contribution in [3.63, 3.8) is 0 Å². The molecule has 1 aliphatic carbocycles. The Morgan fingerprint density at radius 1 is 0.704 bits per heavy atom. The smallest absolute Gasteiger partial charge is 0.400 e. The van der Waals surface area contributed by atoms with Crippen molar-refractivity contribution >= 4 is 14.2 Å². The quantitative estimate of drug-likeness (QED) is 0.756. The van der Waals surface area contributed by atoms with Gasteiger partial charge < -0.3 is 23.7 Å². The third-order valence-corrected chi connectivity index (χ3v) is 7.31. The van der Waals surface area contributed by atoms with E-state index in [1.54, 1.807) is 0 Å². The maximum atomic E-state index is 11.5. The molecule has 152 valence electrons. The van der Waals surface area contributed by atoms with Gasteiger partial charge in [0.1, 0.15) is 0 Å². The molecule has 27 heavy (non-hydrogen) atoms. The number of rotatable bonds is 3. The second-order valence-corrected chi connectivity index (χ2v) is 10.4. The van der Waals surface area contributed by atoms with E-state index in [0.717, 1.165) is 24.7 Å². The van der Waals surface area contributed by atoms with Gasteiger partial charge in [-0.25, -0.2) is 0 Å². The van der Waals surface area contributed by atoms with E-state index in [2.05, 4.69) is 0 Å². The van der Waals surface area contributed by atoms with Crippen molar-refractivity contribution in [3.05, 3.63) is 11.4 Å². The van der Waals surface area contributed by atoms with E-state index < -0.39 is 42.2 Å². The molecule has 2 heterocycles. The fourth-order valence-corrected chi connectivity index (χ4v) is 3.95. The molecule has 3 fully saturated rings. The normalized spacial score (nSPS) is 31.4. The van der Waals surface area contributed by atoms with Gasteiger partial charge in [0.25, 0.3) is 0 Å². The van der Waals surface area contributed by atoms with E-state index in [1.165, 1.54) is 0 Å². The SMILES string of the molecule is CC1(C)OB(/C=C(\B2OC(C)(C)C(C)(C)O2)C2(O)CCCCC2)OC1(C)C. The summed E-state index contributed by atoms with van der Waals surface area (Å²) < 4.78 is 24.9. The summed E-state index contributed by atoms with van der Waals surface area (Å²) in [4.78, 5) is 0. The van der Waals surface area contributed by atoms with Crippen LogP contribution in [0, 0.1) is 0 Å². The molecule has 3 aliphatic rings. The van der Waals surface area contributed by atoms with Gasteiger partial charge in [0, 0.05) is 0 Å². The lowest BCUT2D eigenvalue weighted by molar-refractivity contribution is 0.00578. The summed E-state index contributed by atoms with van der Waals surface area (Å²) in [5.41, 5.74) is -1.97. The molecule has 2 aliphatic heterocycles. The average molecular weight is 378 g/mol. The molecular weight excluding hydrogens is 342 g/mol. The van der Waals surface area contributed by atoms with Crippen LogP contribution in [0.2, 0.25) is 0 Å². The molecular formula is C20H36B2O5. The summed E-state index contributed by atoms with van der Waals surface area (Å²) in [5, 5.41) is 11.5. The molecule has 0 aromatic heterocycles. The van der Waals surface area contributed by atoms with Gasteiger partial charge in [-0.05, 0) is 73.7 Å². The monoisotopic (exact) mass is 378 g/mol. The average Bonchev–Trinajstić information content (AvgIpc) is 2.84. The zero-order chi connectivity index (χ0) is 20.3. The summed E-state index contributed by atoms with van der Waals surface area (Å²) >= 11 is 0. The zero-order valence-corrected chi connectivity index (χ0v) is 18.3. The highest BCUT2D eigenvalue weighted by Gasteiger charge is 2.57. The standard InChI is InChI=1S/C20H36B2O5/c1-16(2)17(3,4)25-21(24-16)14-15(20(23)12-10-9-11-13-20)22-26-18(5,6)19(7,8)27-22/h14,23H,9-13H2,1-8H3/b15-14-. The second-order valence-electron chi connectivity index (χ2n) is 10.4. The summed E-state index contributed by atoms with van der Waals surface area (Å²) in [5.74, 6) is 1.91. The van der Waals surface area contributed by atoms with E-state index in [0.29, 0.717) is 12.8 Å². The van der Waals surface area contributed by atoms with Crippen molar-refractivity contribution in [1.82, 2.24) is 0 Å². The first kappa shape index (κ1) is 21.4. The van der Waals surface area contributed by atoms with Crippen molar-refractivity contribution in [3.8, 4) is 0 Å².